The molecule has 0 aliphatic heterocycles. The third kappa shape index (κ3) is 37.7. The Labute approximate surface area is 306 Å². The molecule has 0 aromatic carbocycles. The molecule has 0 rings (SSSR count). The van der Waals surface area contributed by atoms with E-state index >= 15 is 0 Å². The number of allylic oxidation sites excluding steroid dienone is 5. The molecule has 1 amide bonds. The second-order valence-corrected chi connectivity index (χ2v) is 14.8. The maximum atomic E-state index is 12.3. The molecule has 0 aliphatic carbocycles. The van der Waals surface area contributed by atoms with Gasteiger partial charge in [-0.1, -0.05) is 211 Å². The summed E-state index contributed by atoms with van der Waals surface area (Å²) in [6.45, 7) is 4.29. The van der Waals surface area contributed by atoms with Crippen LogP contribution in [-0.4, -0.2) is 34.9 Å². The molecule has 4 nitrogen and oxygen atoms in total. The Morgan fingerprint density at radius 1 is 0.469 bits per heavy atom. The van der Waals surface area contributed by atoms with Crippen LogP contribution in [0.1, 0.15) is 226 Å². The van der Waals surface area contributed by atoms with Gasteiger partial charge in [0.1, 0.15) is 0 Å². The van der Waals surface area contributed by atoms with Gasteiger partial charge in [0.2, 0.25) is 5.91 Å². The van der Waals surface area contributed by atoms with Crippen LogP contribution in [0.4, 0.5) is 0 Å². The second-order valence-electron chi connectivity index (χ2n) is 14.8. The molecule has 0 heterocycles. The van der Waals surface area contributed by atoms with Crippen LogP contribution in [0, 0.1) is 0 Å². The summed E-state index contributed by atoms with van der Waals surface area (Å²) in [6.07, 6.45) is 54.0. The number of aliphatic hydroxyl groups is 2. The predicted molar refractivity (Wildman–Crippen MR) is 216 cm³/mol. The largest absolute Gasteiger partial charge is 0.394 e. The Balaban J connectivity index is 3.62. The Morgan fingerprint density at radius 3 is 1.18 bits per heavy atom. The van der Waals surface area contributed by atoms with Gasteiger partial charge < -0.3 is 15.5 Å². The predicted octanol–water partition coefficient (Wildman–Crippen LogP) is 13.4. The first-order valence-electron chi connectivity index (χ1n) is 21.7. The molecule has 0 aromatic heterocycles. The van der Waals surface area contributed by atoms with E-state index in [1.54, 1.807) is 6.08 Å². The molecular weight excluding hydrogens is 602 g/mol. The molecule has 0 saturated carbocycles. The lowest BCUT2D eigenvalue weighted by molar-refractivity contribution is -0.123. The molecule has 0 aromatic rings. The van der Waals surface area contributed by atoms with Gasteiger partial charge in [-0.25, -0.2) is 0 Å². The van der Waals surface area contributed by atoms with Crippen molar-refractivity contribution < 1.29 is 15.0 Å². The smallest absolute Gasteiger partial charge is 0.220 e. The van der Waals surface area contributed by atoms with Crippen LogP contribution in [0.15, 0.2) is 36.5 Å². The van der Waals surface area contributed by atoms with E-state index in [1.165, 1.54) is 167 Å². The fraction of sp³-hybridized carbons (Fsp3) is 0.844. The second kappa shape index (κ2) is 41.0. The summed E-state index contributed by atoms with van der Waals surface area (Å²) in [5, 5.41) is 22.9. The van der Waals surface area contributed by atoms with Crippen LogP contribution in [0.25, 0.3) is 0 Å². The van der Waals surface area contributed by atoms with Crippen LogP contribution >= 0.6 is 0 Å². The van der Waals surface area contributed by atoms with Crippen molar-refractivity contribution in [1.82, 2.24) is 5.32 Å². The first-order valence-corrected chi connectivity index (χ1v) is 21.7. The lowest BCUT2D eigenvalue weighted by Gasteiger charge is -2.19. The highest BCUT2D eigenvalue weighted by atomic mass is 16.3. The summed E-state index contributed by atoms with van der Waals surface area (Å²) in [7, 11) is 0. The molecule has 0 radical (unpaired) electrons. The van der Waals surface area contributed by atoms with Crippen molar-refractivity contribution in [3.63, 3.8) is 0 Å². The molecule has 0 aliphatic rings. The Morgan fingerprint density at radius 2 is 0.796 bits per heavy atom. The zero-order valence-corrected chi connectivity index (χ0v) is 33.0. The van der Waals surface area contributed by atoms with Crippen molar-refractivity contribution >= 4 is 5.91 Å². The number of unbranched alkanes of at least 4 members (excludes halogenated alkanes) is 28. The Kier molecular flexibility index (Phi) is 39.9. The zero-order chi connectivity index (χ0) is 35.7. The minimum Gasteiger partial charge on any atom is -0.394 e. The molecular formula is C45H85NO3. The van der Waals surface area contributed by atoms with Crippen LogP contribution in [-0.2, 0) is 4.79 Å². The average molecular weight is 688 g/mol. The molecule has 2 atom stereocenters. The molecule has 49 heavy (non-hydrogen) atoms. The number of nitrogens with one attached hydrogen (secondary N) is 1. The molecule has 0 saturated heterocycles. The van der Waals surface area contributed by atoms with E-state index in [0.29, 0.717) is 6.42 Å². The SMILES string of the molecule is CCCCCCCCCCCCCCCC/C=C/CC/C=C/CC/C=C/C(O)C(CO)NC(=O)CCCCCCCCCCCCCCC. The molecule has 2 unspecified atom stereocenters. The van der Waals surface area contributed by atoms with Gasteiger partial charge in [-0.05, 0) is 44.9 Å². The summed E-state index contributed by atoms with van der Waals surface area (Å²) in [5.41, 5.74) is 0. The minimum absolute atomic E-state index is 0.0776. The van der Waals surface area contributed by atoms with Crippen LogP contribution in [0.5, 0.6) is 0 Å². The zero-order valence-electron chi connectivity index (χ0n) is 33.0. The van der Waals surface area contributed by atoms with Crippen molar-refractivity contribution in [2.24, 2.45) is 0 Å². The fourth-order valence-electron chi connectivity index (χ4n) is 6.50. The molecule has 288 valence electrons. The highest BCUT2D eigenvalue weighted by molar-refractivity contribution is 5.76. The van der Waals surface area contributed by atoms with E-state index in [0.717, 1.165) is 38.5 Å². The molecule has 0 bridgehead atoms. The van der Waals surface area contributed by atoms with Gasteiger partial charge in [0.25, 0.3) is 0 Å². The van der Waals surface area contributed by atoms with E-state index in [2.05, 4.69) is 43.5 Å². The van der Waals surface area contributed by atoms with E-state index in [4.69, 9.17) is 0 Å². The van der Waals surface area contributed by atoms with Gasteiger partial charge >= 0.3 is 0 Å². The summed E-state index contributed by atoms with van der Waals surface area (Å²) in [6, 6.07) is -0.641. The average Bonchev–Trinajstić information content (AvgIpc) is 3.10. The van der Waals surface area contributed by atoms with E-state index in [1.807, 2.05) is 6.08 Å². The monoisotopic (exact) mass is 688 g/mol. The quantitative estimate of drug-likeness (QED) is 0.0445. The number of carbonyl (C=O) groups is 1. The maximum absolute atomic E-state index is 12.3. The van der Waals surface area contributed by atoms with Crippen molar-refractivity contribution in [1.29, 1.82) is 0 Å². The maximum Gasteiger partial charge on any atom is 0.220 e. The van der Waals surface area contributed by atoms with E-state index < -0.39 is 12.1 Å². The number of rotatable bonds is 39. The highest BCUT2D eigenvalue weighted by Gasteiger charge is 2.17. The minimum atomic E-state index is -0.866. The van der Waals surface area contributed by atoms with Crippen LogP contribution < -0.4 is 5.32 Å². The Hall–Kier alpha value is -1.39. The lowest BCUT2D eigenvalue weighted by Crippen LogP contribution is -2.45. The number of carbonyl (C=O) groups excluding carboxylic acids is 1. The van der Waals surface area contributed by atoms with E-state index in [-0.39, 0.29) is 12.5 Å². The Bertz CT molecular complexity index is 746. The summed E-state index contributed by atoms with van der Waals surface area (Å²) < 4.78 is 0. The van der Waals surface area contributed by atoms with Crippen molar-refractivity contribution in [2.75, 3.05) is 6.61 Å². The van der Waals surface area contributed by atoms with E-state index in [9.17, 15) is 15.0 Å². The molecule has 4 heteroatoms. The number of aliphatic hydroxyl groups excluding tert-OH is 2. The number of hydrogen-bond donors (Lipinski definition) is 3. The van der Waals surface area contributed by atoms with Crippen molar-refractivity contribution in [3.05, 3.63) is 36.5 Å². The van der Waals surface area contributed by atoms with Gasteiger partial charge in [0, 0.05) is 6.42 Å². The highest BCUT2D eigenvalue weighted by Crippen LogP contribution is 2.15. The molecule has 0 spiro atoms. The first-order chi connectivity index (χ1) is 24.2. The summed E-state index contributed by atoms with van der Waals surface area (Å²) in [5.74, 6) is -0.0776. The number of hydrogen-bond acceptors (Lipinski definition) is 3. The van der Waals surface area contributed by atoms with Gasteiger partial charge in [-0.2, -0.15) is 0 Å². The van der Waals surface area contributed by atoms with Crippen LogP contribution in [0.2, 0.25) is 0 Å². The van der Waals surface area contributed by atoms with Crippen LogP contribution in [0.3, 0.4) is 0 Å². The van der Waals surface area contributed by atoms with Gasteiger partial charge in [-0.15, -0.1) is 0 Å². The third-order valence-electron chi connectivity index (χ3n) is 9.85. The standard InChI is InChI=1S/C45H85NO3/c1-3-5-7-9-11-13-15-17-18-19-20-21-22-23-24-25-26-27-29-30-32-34-36-38-40-44(48)43(42-47)46-45(49)41-39-37-35-33-31-28-16-14-12-10-8-6-4-2/h25-26,30,32,38,40,43-44,47-48H,3-24,27-29,31,33-37,39,41-42H2,1-2H3,(H,46,49)/b26-25+,32-30+,40-38+. The van der Waals surface area contributed by atoms with Gasteiger partial charge in [-0.3, -0.25) is 4.79 Å². The van der Waals surface area contributed by atoms with Gasteiger partial charge in [0.15, 0.2) is 0 Å². The number of amides is 1. The third-order valence-corrected chi connectivity index (χ3v) is 9.85. The molecule has 0 fully saturated rings. The van der Waals surface area contributed by atoms with Crippen molar-refractivity contribution in [2.45, 2.75) is 238 Å². The topological polar surface area (TPSA) is 69.6 Å². The summed E-state index contributed by atoms with van der Waals surface area (Å²) >= 11 is 0. The van der Waals surface area contributed by atoms with Crippen molar-refractivity contribution in [3.8, 4) is 0 Å². The van der Waals surface area contributed by atoms with Gasteiger partial charge in [0.05, 0.1) is 18.8 Å². The molecule has 3 N–H and O–H groups in total. The normalized spacial score (nSPS) is 13.3. The first kappa shape index (κ1) is 47.6. The summed E-state index contributed by atoms with van der Waals surface area (Å²) in [4.78, 5) is 12.3. The fourth-order valence-corrected chi connectivity index (χ4v) is 6.50. The lowest BCUT2D eigenvalue weighted by atomic mass is 10.0.